The second kappa shape index (κ2) is 5.71. The number of nitrogens with one attached hydrogen (secondary N) is 1. The Balaban J connectivity index is 0.000000810. The molecule has 0 unspecified atom stereocenters. The minimum absolute atomic E-state index is 0. The molecule has 18 heavy (non-hydrogen) atoms. The van der Waals surface area contributed by atoms with Crippen molar-refractivity contribution in [3.8, 4) is 0 Å². The molecular formula is C14H18BNO2. The van der Waals surface area contributed by atoms with Gasteiger partial charge in [-0.05, 0) is 12.1 Å². The molecule has 0 aliphatic heterocycles. The Hall–Kier alpha value is -1.78. The average molecular weight is 243 g/mol. The van der Waals surface area contributed by atoms with Crippen LogP contribution in [0.15, 0.2) is 42.5 Å². The van der Waals surface area contributed by atoms with Crippen LogP contribution in [0.25, 0.3) is 21.8 Å². The third-order valence-electron chi connectivity index (χ3n) is 3.14. The number of fused-ring (bicyclic) bond motifs is 3. The van der Waals surface area contributed by atoms with Crippen LogP contribution in [0, 0.1) is 0 Å². The third kappa shape index (κ3) is 2.12. The van der Waals surface area contributed by atoms with Gasteiger partial charge >= 0.3 is 0 Å². The lowest BCUT2D eigenvalue weighted by atomic mass is 9.66. The summed E-state index contributed by atoms with van der Waals surface area (Å²) in [6.07, 6.45) is 1.19. The molecule has 1 heterocycles. The van der Waals surface area contributed by atoms with Gasteiger partial charge in [0.2, 0.25) is 0 Å². The van der Waals surface area contributed by atoms with Crippen LogP contribution >= 0.6 is 0 Å². The second-order valence-electron chi connectivity index (χ2n) is 4.26. The fraction of sp³-hybridized carbons (Fsp3) is 0.143. The summed E-state index contributed by atoms with van der Waals surface area (Å²) in [6, 6.07) is 15.1. The standard InChI is InChI=1S/C14H14BN.2H2O/c1-2-15-11-7-5-9-13-14(11)10-6-3-4-8-12(10)16-13;;/h3-9,15-16H,2H2,1H3;2*1H2. The van der Waals surface area contributed by atoms with Crippen LogP contribution in [0.1, 0.15) is 6.92 Å². The number of benzene rings is 2. The molecule has 3 aromatic rings. The van der Waals surface area contributed by atoms with Gasteiger partial charge in [-0.15, -0.1) is 0 Å². The van der Waals surface area contributed by atoms with Crippen molar-refractivity contribution in [2.24, 2.45) is 0 Å². The molecule has 0 atom stereocenters. The van der Waals surface area contributed by atoms with Gasteiger partial charge in [-0.2, -0.15) is 0 Å². The van der Waals surface area contributed by atoms with Crippen molar-refractivity contribution in [1.29, 1.82) is 0 Å². The van der Waals surface area contributed by atoms with Crippen molar-refractivity contribution in [3.63, 3.8) is 0 Å². The van der Waals surface area contributed by atoms with Crippen molar-refractivity contribution < 1.29 is 11.0 Å². The summed E-state index contributed by atoms with van der Waals surface area (Å²) in [5.74, 6) is 0. The number of hydrogen-bond acceptors (Lipinski definition) is 0. The number of rotatable bonds is 2. The molecule has 0 aliphatic carbocycles. The highest BCUT2D eigenvalue weighted by Crippen LogP contribution is 2.23. The number of H-pyrrole nitrogens is 1. The minimum atomic E-state index is 0. The van der Waals surface area contributed by atoms with Crippen molar-refractivity contribution in [2.75, 3.05) is 0 Å². The van der Waals surface area contributed by atoms with Crippen LogP contribution < -0.4 is 5.46 Å². The summed E-state index contributed by atoms with van der Waals surface area (Å²) in [4.78, 5) is 3.48. The summed E-state index contributed by atoms with van der Waals surface area (Å²) in [6.45, 7) is 2.23. The number of hydrogen-bond donors (Lipinski definition) is 1. The van der Waals surface area contributed by atoms with E-state index in [9.17, 15) is 0 Å². The Morgan fingerprint density at radius 1 is 0.944 bits per heavy atom. The molecule has 0 saturated carbocycles. The maximum Gasteiger partial charge on any atom is 0.158 e. The molecule has 5 N–H and O–H groups in total. The zero-order valence-electron chi connectivity index (χ0n) is 10.5. The number of aromatic amines is 1. The van der Waals surface area contributed by atoms with Crippen molar-refractivity contribution in [3.05, 3.63) is 42.5 Å². The fourth-order valence-electron chi connectivity index (χ4n) is 2.46. The van der Waals surface area contributed by atoms with Crippen molar-refractivity contribution >= 4 is 34.5 Å². The predicted molar refractivity (Wildman–Crippen MR) is 80.3 cm³/mol. The Bertz CT molecular complexity index is 648. The largest absolute Gasteiger partial charge is 0.412 e. The van der Waals surface area contributed by atoms with E-state index in [0.717, 1.165) is 7.28 Å². The van der Waals surface area contributed by atoms with E-state index in [1.165, 1.54) is 33.6 Å². The summed E-state index contributed by atoms with van der Waals surface area (Å²) < 4.78 is 0. The lowest BCUT2D eigenvalue weighted by molar-refractivity contribution is 0.823. The highest BCUT2D eigenvalue weighted by Gasteiger charge is 2.07. The van der Waals surface area contributed by atoms with Crippen molar-refractivity contribution in [1.82, 2.24) is 4.98 Å². The van der Waals surface area contributed by atoms with E-state index in [2.05, 4.69) is 54.4 Å². The third-order valence-corrected chi connectivity index (χ3v) is 3.14. The van der Waals surface area contributed by atoms with Crippen LogP contribution in [0.4, 0.5) is 0 Å². The Labute approximate surface area is 107 Å². The zero-order chi connectivity index (χ0) is 11.0. The normalized spacial score (nSPS) is 9.83. The van der Waals surface area contributed by atoms with Gasteiger partial charge in [0.15, 0.2) is 7.28 Å². The van der Waals surface area contributed by atoms with E-state index in [0.29, 0.717) is 0 Å². The molecule has 2 aromatic carbocycles. The number of aromatic nitrogens is 1. The summed E-state index contributed by atoms with van der Waals surface area (Å²) in [7, 11) is 1.15. The minimum Gasteiger partial charge on any atom is -0.412 e. The topological polar surface area (TPSA) is 78.8 Å². The smallest absolute Gasteiger partial charge is 0.158 e. The first kappa shape index (κ1) is 14.3. The molecule has 4 heteroatoms. The van der Waals surface area contributed by atoms with Gasteiger partial charge in [0, 0.05) is 21.8 Å². The Morgan fingerprint density at radius 2 is 1.67 bits per heavy atom. The molecule has 0 spiro atoms. The first-order valence-electron chi connectivity index (χ1n) is 5.88. The summed E-state index contributed by atoms with van der Waals surface area (Å²) in [5.41, 5.74) is 3.95. The van der Waals surface area contributed by atoms with Crippen LogP contribution in [0.3, 0.4) is 0 Å². The van der Waals surface area contributed by atoms with E-state index in [4.69, 9.17) is 0 Å². The quantitative estimate of drug-likeness (QED) is 0.656. The molecule has 0 amide bonds. The van der Waals surface area contributed by atoms with Gasteiger partial charge in [-0.1, -0.05) is 49.0 Å². The van der Waals surface area contributed by atoms with Crippen LogP contribution in [0.5, 0.6) is 0 Å². The van der Waals surface area contributed by atoms with Crippen molar-refractivity contribution in [2.45, 2.75) is 13.2 Å². The molecule has 0 radical (unpaired) electrons. The van der Waals surface area contributed by atoms with E-state index in [-0.39, 0.29) is 11.0 Å². The lowest BCUT2D eigenvalue weighted by Gasteiger charge is -2.00. The van der Waals surface area contributed by atoms with Gasteiger partial charge in [0.05, 0.1) is 0 Å². The van der Waals surface area contributed by atoms with Crippen LogP contribution in [0.2, 0.25) is 6.32 Å². The SMILES string of the molecule is CCBc1cccc2[nH]c3ccccc3c12.O.O. The Kier molecular flexibility index (Phi) is 4.53. The molecule has 0 saturated heterocycles. The fourth-order valence-corrected chi connectivity index (χ4v) is 2.46. The lowest BCUT2D eigenvalue weighted by Crippen LogP contribution is -2.12. The molecule has 3 nitrogen and oxygen atoms in total. The highest BCUT2D eigenvalue weighted by molar-refractivity contribution is 6.58. The second-order valence-corrected chi connectivity index (χ2v) is 4.26. The first-order chi connectivity index (χ1) is 7.90. The van der Waals surface area contributed by atoms with E-state index in [1.807, 2.05) is 0 Å². The molecule has 3 rings (SSSR count). The van der Waals surface area contributed by atoms with Crippen LogP contribution in [-0.4, -0.2) is 23.2 Å². The first-order valence-corrected chi connectivity index (χ1v) is 5.88. The van der Waals surface area contributed by atoms with Gasteiger partial charge in [0.1, 0.15) is 0 Å². The number of para-hydroxylation sites is 1. The zero-order valence-corrected chi connectivity index (χ0v) is 10.5. The van der Waals surface area contributed by atoms with Gasteiger partial charge in [-0.3, -0.25) is 0 Å². The molecule has 1 aromatic heterocycles. The van der Waals surface area contributed by atoms with Gasteiger partial charge in [0.25, 0.3) is 0 Å². The molecule has 0 bridgehead atoms. The molecule has 0 fully saturated rings. The maximum atomic E-state index is 3.48. The molecule has 94 valence electrons. The molecule has 0 aliphatic rings. The van der Waals surface area contributed by atoms with E-state index < -0.39 is 0 Å². The highest BCUT2D eigenvalue weighted by atomic mass is 16.0. The van der Waals surface area contributed by atoms with Crippen LogP contribution in [-0.2, 0) is 0 Å². The maximum absolute atomic E-state index is 3.48. The molecular weight excluding hydrogens is 225 g/mol. The predicted octanol–water partition coefficient (Wildman–Crippen LogP) is 1.17. The van der Waals surface area contributed by atoms with E-state index >= 15 is 0 Å². The average Bonchev–Trinajstić information content (AvgIpc) is 2.68. The summed E-state index contributed by atoms with van der Waals surface area (Å²) in [5, 5.41) is 2.75. The summed E-state index contributed by atoms with van der Waals surface area (Å²) >= 11 is 0. The van der Waals surface area contributed by atoms with Gasteiger partial charge < -0.3 is 15.9 Å². The monoisotopic (exact) mass is 243 g/mol. The van der Waals surface area contributed by atoms with E-state index in [1.54, 1.807) is 0 Å². The van der Waals surface area contributed by atoms with Gasteiger partial charge in [-0.25, -0.2) is 0 Å². The Morgan fingerprint density at radius 3 is 2.44 bits per heavy atom.